The molecule has 0 aliphatic heterocycles. The van der Waals surface area contributed by atoms with Crippen LogP contribution in [0.3, 0.4) is 0 Å². The maximum absolute atomic E-state index is 2.73. The summed E-state index contributed by atoms with van der Waals surface area (Å²) in [6.45, 7) is 0. The zero-order chi connectivity index (χ0) is 20.1. The van der Waals surface area contributed by atoms with Crippen molar-refractivity contribution in [3.8, 4) is 11.1 Å². The van der Waals surface area contributed by atoms with Gasteiger partial charge in [-0.15, -0.1) is 0 Å². The Balaban J connectivity index is 1.96. The fourth-order valence-corrected chi connectivity index (χ4v) is 68.0. The van der Waals surface area contributed by atoms with E-state index < -0.39 is 32.0 Å². The number of hydrogen-bond donors (Lipinski definition) is 0. The first-order valence-corrected chi connectivity index (χ1v) is 29.4. The van der Waals surface area contributed by atoms with Crippen molar-refractivity contribution in [3.63, 3.8) is 0 Å². The van der Waals surface area contributed by atoms with Crippen LogP contribution in [0.5, 0.6) is 0 Å². The molecular formula is C24H31N2SnZr. The molecule has 0 heterocycles. The van der Waals surface area contributed by atoms with E-state index in [4.69, 9.17) is 0 Å². The van der Waals surface area contributed by atoms with Crippen LogP contribution in [0.15, 0.2) is 60.7 Å². The first-order valence-electron chi connectivity index (χ1n) is 10.1. The zero-order valence-corrected chi connectivity index (χ0v) is 23.3. The summed E-state index contributed by atoms with van der Waals surface area (Å²) in [5.41, 5.74) is 9.25. The first kappa shape index (κ1) is 20.8. The standard InChI is InChI=1S/C18H13.2C2H6N.2CH3.Sn.Zr/c1-2-7-13(6-1)15-10-5-11-17-16-9-4-3-8-14(16)12-18(15)17;2*1-3-2;;;;/h1-6,8-12H,7H2;2*1-2H3;2*1H3;;/q;2*-1;;;;+2. The monoisotopic (exact) mass is 557 g/mol. The van der Waals surface area contributed by atoms with Gasteiger partial charge in [-0.3, -0.25) is 0 Å². The molecule has 1 unspecified atom stereocenters. The van der Waals surface area contributed by atoms with Gasteiger partial charge in [-0.05, 0) is 0 Å². The quantitative estimate of drug-likeness (QED) is 0.451. The summed E-state index contributed by atoms with van der Waals surface area (Å²) >= 11 is -4.43. The predicted octanol–water partition coefficient (Wildman–Crippen LogP) is 5.46. The van der Waals surface area contributed by atoms with E-state index >= 15 is 0 Å². The van der Waals surface area contributed by atoms with E-state index in [9.17, 15) is 0 Å². The van der Waals surface area contributed by atoms with Crippen LogP contribution in [0.2, 0.25) is 9.88 Å². The molecule has 0 aromatic heterocycles. The molecular weight excluding hydrogens is 526 g/mol. The van der Waals surface area contributed by atoms with Gasteiger partial charge in [-0.1, -0.05) is 0 Å². The topological polar surface area (TPSA) is 6.48 Å². The Hall–Kier alpha value is -0.478. The zero-order valence-electron chi connectivity index (χ0n) is 18.0. The summed E-state index contributed by atoms with van der Waals surface area (Å²) in [6.07, 6.45) is 7.92. The van der Waals surface area contributed by atoms with Crippen LogP contribution < -0.4 is 0 Å². The van der Waals surface area contributed by atoms with Gasteiger partial charge in [0.25, 0.3) is 0 Å². The van der Waals surface area contributed by atoms with Gasteiger partial charge < -0.3 is 0 Å². The van der Waals surface area contributed by atoms with Crippen LogP contribution in [0.4, 0.5) is 0 Å². The minimum absolute atomic E-state index is 0.650. The fourth-order valence-electron chi connectivity index (χ4n) is 5.62. The molecule has 145 valence electrons. The Kier molecular flexibility index (Phi) is 5.92. The number of fused-ring (bicyclic) bond motifs is 3. The molecule has 1 atom stereocenters. The molecule has 0 fully saturated rings. The summed E-state index contributed by atoms with van der Waals surface area (Å²) < 4.78 is 5.95. The third-order valence-corrected chi connectivity index (χ3v) is 58.4. The van der Waals surface area contributed by atoms with Crippen LogP contribution >= 0.6 is 0 Å². The van der Waals surface area contributed by atoms with Crippen molar-refractivity contribution < 1.29 is 18.2 Å². The van der Waals surface area contributed by atoms with Crippen molar-refractivity contribution in [2.75, 3.05) is 28.2 Å². The Morgan fingerprint density at radius 3 is 2.14 bits per heavy atom. The molecule has 4 heteroatoms. The van der Waals surface area contributed by atoms with Crippen molar-refractivity contribution in [3.05, 3.63) is 77.4 Å². The Labute approximate surface area is 178 Å². The van der Waals surface area contributed by atoms with Crippen molar-refractivity contribution in [1.29, 1.82) is 0 Å². The average molecular weight is 557 g/mol. The summed E-state index contributed by atoms with van der Waals surface area (Å²) in [6, 6.07) is 16.3. The van der Waals surface area contributed by atoms with Gasteiger partial charge in [-0.2, -0.15) is 0 Å². The molecule has 2 nitrogen and oxygen atoms in total. The second kappa shape index (κ2) is 7.98. The maximum atomic E-state index is 2.73. The van der Waals surface area contributed by atoms with Crippen molar-refractivity contribution in [2.45, 2.75) is 20.2 Å². The van der Waals surface area contributed by atoms with Gasteiger partial charge in [0.1, 0.15) is 0 Å². The molecule has 0 saturated heterocycles. The SMILES string of the molecule is C[N](C)[Zr]([N](C)C)[Sn]([CH3])([CH3])[CH]1c2ccccc2-c2cccc(C3=CC=CC3)c21. The Morgan fingerprint density at radius 1 is 0.857 bits per heavy atom. The van der Waals surface area contributed by atoms with E-state index in [1.54, 1.807) is 11.1 Å². The van der Waals surface area contributed by atoms with Gasteiger partial charge >= 0.3 is 180 Å². The minimum atomic E-state index is -2.55. The van der Waals surface area contributed by atoms with E-state index in [1.165, 1.54) is 22.3 Å². The third kappa shape index (κ3) is 3.37. The third-order valence-electron chi connectivity index (χ3n) is 6.22. The van der Waals surface area contributed by atoms with Crippen LogP contribution in [-0.2, 0) is 18.2 Å². The van der Waals surface area contributed by atoms with Crippen molar-refractivity contribution >= 4 is 19.4 Å². The number of rotatable bonds is 5. The first-order chi connectivity index (χ1) is 13.3. The molecule has 0 N–H and O–H groups in total. The molecule has 2 aromatic rings. The van der Waals surface area contributed by atoms with Crippen molar-refractivity contribution in [1.82, 2.24) is 5.69 Å². The molecule has 0 spiro atoms. The van der Waals surface area contributed by atoms with E-state index in [2.05, 4.69) is 104 Å². The molecule has 2 aromatic carbocycles. The van der Waals surface area contributed by atoms with Gasteiger partial charge in [0, 0.05) is 0 Å². The second-order valence-electron chi connectivity index (χ2n) is 8.95. The van der Waals surface area contributed by atoms with Gasteiger partial charge in [0.2, 0.25) is 0 Å². The molecule has 4 rings (SSSR count). The molecule has 2 aliphatic carbocycles. The van der Waals surface area contributed by atoms with E-state index in [1.807, 2.05) is 0 Å². The summed E-state index contributed by atoms with van der Waals surface area (Å²) in [5, 5.41) is 0. The molecule has 28 heavy (non-hydrogen) atoms. The van der Waals surface area contributed by atoms with Crippen LogP contribution in [0.25, 0.3) is 16.7 Å². The number of allylic oxidation sites excluding steroid dienone is 4. The normalized spacial score (nSPS) is 17.9. The second-order valence-corrected chi connectivity index (χ2v) is 55.2. The summed E-state index contributed by atoms with van der Waals surface area (Å²) in [4.78, 5) is 5.47. The molecule has 0 saturated carbocycles. The Morgan fingerprint density at radius 2 is 1.50 bits per heavy atom. The van der Waals surface area contributed by atoms with Gasteiger partial charge in [-0.25, -0.2) is 0 Å². The van der Waals surface area contributed by atoms with Gasteiger partial charge in [0.15, 0.2) is 0 Å². The van der Waals surface area contributed by atoms with Crippen LogP contribution in [0.1, 0.15) is 27.0 Å². The molecule has 2 aliphatic rings. The molecule has 0 amide bonds. The predicted molar refractivity (Wildman–Crippen MR) is 120 cm³/mol. The van der Waals surface area contributed by atoms with Crippen molar-refractivity contribution in [2.24, 2.45) is 0 Å². The number of nitrogens with zero attached hydrogens (tertiary/aromatic N) is 2. The van der Waals surface area contributed by atoms with E-state index in [0.29, 0.717) is 3.93 Å². The number of benzene rings is 2. The van der Waals surface area contributed by atoms with E-state index in [-0.39, 0.29) is 0 Å². The Bertz CT molecular complexity index is 951. The molecule has 0 radical (unpaired) electrons. The molecule has 0 bridgehead atoms. The van der Waals surface area contributed by atoms with Crippen LogP contribution in [0, 0.1) is 0 Å². The fraction of sp³-hybridized carbons (Fsp3) is 0.333. The summed E-state index contributed by atoms with van der Waals surface area (Å²) in [5.74, 6) is 0. The average Bonchev–Trinajstić information content (AvgIpc) is 3.26. The van der Waals surface area contributed by atoms with Gasteiger partial charge in [0.05, 0.1) is 0 Å². The van der Waals surface area contributed by atoms with E-state index in [0.717, 1.165) is 6.42 Å². The number of hydrogen-bond acceptors (Lipinski definition) is 2. The summed E-state index contributed by atoms with van der Waals surface area (Å²) in [7, 11) is 9.35. The van der Waals surface area contributed by atoms with Crippen LogP contribution in [-0.4, -0.2) is 47.7 Å².